The molecule has 21 nitrogen and oxygen atoms in total. The van der Waals surface area contributed by atoms with Crippen molar-refractivity contribution >= 4 is 123 Å². The zero-order chi connectivity index (χ0) is 31.9. The van der Waals surface area contributed by atoms with Crippen LogP contribution in [0.15, 0.2) is 0 Å². The number of hydrogen-bond acceptors (Lipinski definition) is 21. The summed E-state index contributed by atoms with van der Waals surface area (Å²) in [5, 5.41) is 117. The Morgan fingerprint density at radius 3 is 0.467 bits per heavy atom. The number of carbonyl (C=O) groups is 9. The molecule has 0 saturated heterocycles. The molecular formula is C18H15K3Mg3O21. The Morgan fingerprint density at radius 2 is 0.422 bits per heavy atom. The Labute approximate surface area is 428 Å². The molecule has 0 unspecified atom stereocenters. The topological polar surface area (TPSA) is 422 Å². The van der Waals surface area contributed by atoms with Crippen LogP contribution >= 0.6 is 0 Å². The molecule has 0 radical (unpaired) electrons. The van der Waals surface area contributed by atoms with E-state index in [2.05, 4.69) is 0 Å². The minimum Gasteiger partial charge on any atom is -0.550 e. The molecule has 0 spiro atoms. The van der Waals surface area contributed by atoms with Gasteiger partial charge < -0.3 is 104 Å². The van der Waals surface area contributed by atoms with Crippen LogP contribution in [-0.2, 0) is 43.2 Å². The third kappa shape index (κ3) is 35.9. The molecule has 0 aliphatic rings. The second-order valence-electron chi connectivity index (χ2n) is 7.25. The number of rotatable bonds is 15. The van der Waals surface area contributed by atoms with E-state index < -0.39 is 109 Å². The molecule has 0 aromatic carbocycles. The molecule has 222 valence electrons. The van der Waals surface area contributed by atoms with Crippen LogP contribution < -0.4 is 200 Å². The number of carboxylic acid groups (broad SMARTS) is 9. The van der Waals surface area contributed by atoms with Crippen LogP contribution in [0.2, 0.25) is 0 Å². The standard InChI is InChI=1S/3C6H8O7.3K.3Mg/c3*7-3(8)1-6(13,5(11)12)2-4(9)10;;;;;;/h3*13H,1-2H2,(H,7,8)(H,9,10)(H,11,12);;;;;;/q;;;3*+1;3*+2/p-9. The number of carbonyl (C=O) groups excluding carboxylic acids is 9. The summed E-state index contributed by atoms with van der Waals surface area (Å²) < 4.78 is 0. The maximum Gasteiger partial charge on any atom is 2.00 e. The predicted molar refractivity (Wildman–Crippen MR) is 105 cm³/mol. The van der Waals surface area contributed by atoms with Gasteiger partial charge in [0.1, 0.15) is 16.8 Å². The van der Waals surface area contributed by atoms with Crippen LogP contribution in [0.1, 0.15) is 38.5 Å². The SMILES string of the molecule is O=C([O-])CC(O)(CC(=O)[O-])C(=O)[O-].O=C([O-])CC(O)(CC(=O)[O-])C(=O)[O-].O=C([O-])CC(O)(CC(=O)[O-])C(=O)[O-].[K+].[K+].[K+].[Mg+2].[Mg+2].[Mg+2]. The van der Waals surface area contributed by atoms with Crippen LogP contribution in [0.4, 0.5) is 0 Å². The van der Waals surface area contributed by atoms with Crippen molar-refractivity contribution in [3.63, 3.8) is 0 Å². The summed E-state index contributed by atoms with van der Waals surface area (Å²) in [6, 6.07) is 0. The first-order valence-electron chi connectivity index (χ1n) is 9.34. The van der Waals surface area contributed by atoms with E-state index in [1.165, 1.54) is 0 Å². The minimum atomic E-state index is -2.97. The minimum absolute atomic E-state index is 0. The maximum absolute atomic E-state index is 10.1. The fraction of sp³-hybridized carbons (Fsp3) is 0.500. The van der Waals surface area contributed by atoms with Crippen LogP contribution in [0, 0.1) is 0 Å². The molecule has 0 rings (SSSR count). The molecule has 0 bridgehead atoms. The summed E-state index contributed by atoms with van der Waals surface area (Å²) in [6.07, 6.45) is -8.15. The maximum atomic E-state index is 10.1. The van der Waals surface area contributed by atoms with Gasteiger partial charge in [0.05, 0.1) is 17.9 Å². The largest absolute Gasteiger partial charge is 2.00 e. The normalized spacial score (nSPS) is 9.40. The monoisotopic (exact) mass is 756 g/mol. The molecular weight excluding hydrogens is 742 g/mol. The molecule has 0 aliphatic heterocycles. The zero-order valence-electron chi connectivity index (χ0n) is 24.1. The van der Waals surface area contributed by atoms with E-state index in [-0.39, 0.29) is 223 Å². The number of hydrogen-bond donors (Lipinski definition) is 3. The van der Waals surface area contributed by atoms with Gasteiger partial charge in [-0.3, -0.25) is 0 Å². The fourth-order valence-electron chi connectivity index (χ4n) is 2.05. The van der Waals surface area contributed by atoms with E-state index in [1.807, 2.05) is 0 Å². The third-order valence-electron chi connectivity index (χ3n) is 3.76. The van der Waals surface area contributed by atoms with Crippen molar-refractivity contribution < 1.29 is 259 Å². The molecule has 0 saturated carbocycles. The van der Waals surface area contributed by atoms with Gasteiger partial charge >= 0.3 is 223 Å². The molecule has 27 heteroatoms. The van der Waals surface area contributed by atoms with Crippen molar-refractivity contribution in [2.45, 2.75) is 55.3 Å². The van der Waals surface area contributed by atoms with E-state index >= 15 is 0 Å². The van der Waals surface area contributed by atoms with Gasteiger partial charge in [-0.1, -0.05) is 0 Å². The smallest absolute Gasteiger partial charge is 0.550 e. The Kier molecular flexibility index (Phi) is 51.4. The number of carboxylic acids is 9. The zero-order valence-corrected chi connectivity index (χ0v) is 37.7. The van der Waals surface area contributed by atoms with Gasteiger partial charge in [-0.15, -0.1) is 0 Å². The summed E-state index contributed by atoms with van der Waals surface area (Å²) in [7, 11) is 0. The molecule has 0 aliphatic carbocycles. The van der Waals surface area contributed by atoms with E-state index in [9.17, 15) is 89.1 Å². The van der Waals surface area contributed by atoms with Crippen LogP contribution in [0.25, 0.3) is 0 Å². The predicted octanol–water partition coefficient (Wildman–Crippen LogP) is -25.9. The first-order chi connectivity index (χ1) is 17.3. The molecule has 0 amide bonds. The first kappa shape index (κ1) is 69.1. The van der Waals surface area contributed by atoms with Crippen LogP contribution in [0.3, 0.4) is 0 Å². The van der Waals surface area contributed by atoms with Crippen molar-refractivity contribution in [2.24, 2.45) is 0 Å². The second-order valence-corrected chi connectivity index (χ2v) is 7.25. The van der Waals surface area contributed by atoms with Gasteiger partial charge in [0.15, 0.2) is 0 Å². The van der Waals surface area contributed by atoms with Gasteiger partial charge in [0, 0.05) is 74.3 Å². The summed E-state index contributed by atoms with van der Waals surface area (Å²) in [6.45, 7) is 0. The van der Waals surface area contributed by atoms with Gasteiger partial charge in [-0.25, -0.2) is 0 Å². The van der Waals surface area contributed by atoms with Crippen molar-refractivity contribution in [3.05, 3.63) is 0 Å². The average Bonchev–Trinajstić information content (AvgIpc) is 2.64. The fourth-order valence-corrected chi connectivity index (χ4v) is 2.05. The van der Waals surface area contributed by atoms with E-state index in [0.29, 0.717) is 0 Å². The van der Waals surface area contributed by atoms with Gasteiger partial charge in [0.25, 0.3) is 0 Å². The Hall–Kier alpha value is 2.32. The molecule has 3 N–H and O–H groups in total. The molecule has 0 aromatic rings. The summed E-state index contributed by atoms with van der Waals surface area (Å²) in [5.41, 5.74) is -8.92. The average molecular weight is 758 g/mol. The second kappa shape index (κ2) is 33.5. The molecule has 0 fully saturated rings. The summed E-state index contributed by atoms with van der Waals surface area (Å²) in [5.74, 6) is -18.0. The third-order valence-corrected chi connectivity index (χ3v) is 3.76. The Morgan fingerprint density at radius 1 is 0.333 bits per heavy atom. The van der Waals surface area contributed by atoms with Gasteiger partial charge in [-0.05, 0) is 0 Å². The van der Waals surface area contributed by atoms with Crippen molar-refractivity contribution in [1.82, 2.24) is 0 Å². The van der Waals surface area contributed by atoms with Crippen molar-refractivity contribution in [3.8, 4) is 0 Å². The van der Waals surface area contributed by atoms with E-state index in [0.717, 1.165) is 0 Å². The van der Waals surface area contributed by atoms with Crippen LogP contribution in [-0.4, -0.2) is 155 Å². The summed E-state index contributed by atoms with van der Waals surface area (Å²) in [4.78, 5) is 90.0. The quantitative estimate of drug-likeness (QED) is 0.131. The Bertz CT molecular complexity index is 837. The van der Waals surface area contributed by atoms with Crippen molar-refractivity contribution in [2.75, 3.05) is 0 Å². The first-order valence-corrected chi connectivity index (χ1v) is 9.34. The number of aliphatic hydroxyl groups is 3. The van der Waals surface area contributed by atoms with Gasteiger partial charge in [-0.2, -0.15) is 0 Å². The Balaban J connectivity index is -0.0000000579. The molecule has 0 heterocycles. The number of aliphatic carboxylic acids is 9. The molecule has 0 aromatic heterocycles. The van der Waals surface area contributed by atoms with Crippen LogP contribution in [0.5, 0.6) is 0 Å². The van der Waals surface area contributed by atoms with Crippen molar-refractivity contribution in [1.29, 1.82) is 0 Å². The molecule has 0 atom stereocenters. The molecule has 45 heavy (non-hydrogen) atoms. The van der Waals surface area contributed by atoms with E-state index in [4.69, 9.17) is 15.3 Å². The van der Waals surface area contributed by atoms with Gasteiger partial charge in [0.2, 0.25) is 0 Å². The summed E-state index contributed by atoms with van der Waals surface area (Å²) >= 11 is 0. The van der Waals surface area contributed by atoms with E-state index in [1.54, 1.807) is 0 Å².